The van der Waals surface area contributed by atoms with Crippen molar-refractivity contribution in [2.45, 2.75) is 25.3 Å². The van der Waals surface area contributed by atoms with Gasteiger partial charge < -0.3 is 15.6 Å². The molecule has 0 saturated carbocycles. The van der Waals surface area contributed by atoms with Crippen LogP contribution in [0.1, 0.15) is 29.6 Å². The molecule has 100 valence electrons. The Bertz CT molecular complexity index is 568. The van der Waals surface area contributed by atoms with Crippen LogP contribution in [0.2, 0.25) is 0 Å². The summed E-state index contributed by atoms with van der Waals surface area (Å²) in [4.78, 5) is 15.5. The summed E-state index contributed by atoms with van der Waals surface area (Å²) < 4.78 is 0. The van der Waals surface area contributed by atoms with Gasteiger partial charge in [-0.3, -0.25) is 4.79 Å². The molecule has 0 spiro atoms. The Kier molecular flexibility index (Phi) is 3.51. The van der Waals surface area contributed by atoms with Crippen LogP contribution in [-0.4, -0.2) is 30.0 Å². The van der Waals surface area contributed by atoms with Crippen LogP contribution in [0.15, 0.2) is 30.5 Å². The Labute approximate surface area is 112 Å². The standard InChI is InChI=1S/C15H19N3O/c19-15(18-12-4-2-8-16-9-7-12)13-5-1-3-11-6-10-17-14(11)13/h1,3,5-6,10,12,16-17H,2,4,7-9H2,(H,18,19). The normalized spacial score (nSPS) is 20.1. The summed E-state index contributed by atoms with van der Waals surface area (Å²) in [6.45, 7) is 2.04. The number of hydrogen-bond acceptors (Lipinski definition) is 2. The number of benzene rings is 1. The van der Waals surface area contributed by atoms with Crippen molar-refractivity contribution in [2.75, 3.05) is 13.1 Å². The highest BCUT2D eigenvalue weighted by molar-refractivity contribution is 6.05. The zero-order chi connectivity index (χ0) is 13.1. The van der Waals surface area contributed by atoms with Gasteiger partial charge in [0.1, 0.15) is 0 Å². The highest BCUT2D eigenvalue weighted by atomic mass is 16.1. The molecule has 1 amide bonds. The van der Waals surface area contributed by atoms with Crippen molar-refractivity contribution < 1.29 is 4.79 Å². The van der Waals surface area contributed by atoms with Gasteiger partial charge in [0.2, 0.25) is 0 Å². The number of carbonyl (C=O) groups excluding carboxylic acids is 1. The molecule has 3 N–H and O–H groups in total. The molecule has 0 radical (unpaired) electrons. The molecule has 1 aliphatic heterocycles. The van der Waals surface area contributed by atoms with Crippen molar-refractivity contribution in [3.8, 4) is 0 Å². The second-order valence-electron chi connectivity index (χ2n) is 5.10. The number of aromatic amines is 1. The van der Waals surface area contributed by atoms with E-state index >= 15 is 0 Å². The Morgan fingerprint density at radius 2 is 2.16 bits per heavy atom. The molecule has 1 saturated heterocycles. The summed E-state index contributed by atoms with van der Waals surface area (Å²) in [5, 5.41) is 7.60. The van der Waals surface area contributed by atoms with E-state index in [-0.39, 0.29) is 11.9 Å². The molecule has 3 rings (SSSR count). The van der Waals surface area contributed by atoms with Crippen LogP contribution in [0.25, 0.3) is 10.9 Å². The molecule has 2 aromatic rings. The number of hydrogen-bond donors (Lipinski definition) is 3. The molecule has 19 heavy (non-hydrogen) atoms. The molecule has 1 fully saturated rings. The number of amides is 1. The Morgan fingerprint density at radius 1 is 1.21 bits per heavy atom. The minimum Gasteiger partial charge on any atom is -0.361 e. The smallest absolute Gasteiger partial charge is 0.253 e. The van der Waals surface area contributed by atoms with Gasteiger partial charge in [0.15, 0.2) is 0 Å². The minimum absolute atomic E-state index is 0.0277. The van der Waals surface area contributed by atoms with Crippen molar-refractivity contribution in [2.24, 2.45) is 0 Å². The summed E-state index contributed by atoms with van der Waals surface area (Å²) in [6, 6.07) is 8.09. The predicted octanol–water partition coefficient (Wildman–Crippen LogP) is 2.04. The van der Waals surface area contributed by atoms with Crippen molar-refractivity contribution in [1.82, 2.24) is 15.6 Å². The number of rotatable bonds is 2. The van der Waals surface area contributed by atoms with Gasteiger partial charge in [0.05, 0.1) is 11.1 Å². The van der Waals surface area contributed by atoms with Gasteiger partial charge in [-0.25, -0.2) is 0 Å². The fourth-order valence-electron chi connectivity index (χ4n) is 2.70. The average molecular weight is 257 g/mol. The molecule has 1 aliphatic rings. The largest absolute Gasteiger partial charge is 0.361 e. The zero-order valence-corrected chi connectivity index (χ0v) is 10.9. The molecule has 1 aromatic carbocycles. The Hall–Kier alpha value is -1.81. The van der Waals surface area contributed by atoms with Gasteiger partial charge in [-0.05, 0) is 44.5 Å². The van der Waals surface area contributed by atoms with Crippen molar-refractivity contribution >= 4 is 16.8 Å². The van der Waals surface area contributed by atoms with E-state index in [1.165, 1.54) is 0 Å². The predicted molar refractivity (Wildman–Crippen MR) is 76.3 cm³/mol. The number of fused-ring (bicyclic) bond motifs is 1. The van der Waals surface area contributed by atoms with Crippen LogP contribution in [0, 0.1) is 0 Å². The van der Waals surface area contributed by atoms with E-state index in [0.717, 1.165) is 48.8 Å². The Morgan fingerprint density at radius 3 is 3.11 bits per heavy atom. The fourth-order valence-corrected chi connectivity index (χ4v) is 2.70. The van der Waals surface area contributed by atoms with E-state index in [9.17, 15) is 4.79 Å². The lowest BCUT2D eigenvalue weighted by Crippen LogP contribution is -2.35. The summed E-state index contributed by atoms with van der Waals surface area (Å²) in [6.07, 6.45) is 5.06. The molecule has 1 unspecified atom stereocenters. The third-order valence-corrected chi connectivity index (χ3v) is 3.74. The number of nitrogens with one attached hydrogen (secondary N) is 3. The number of H-pyrrole nitrogens is 1. The quantitative estimate of drug-likeness (QED) is 0.771. The maximum atomic E-state index is 12.4. The third kappa shape index (κ3) is 2.63. The van der Waals surface area contributed by atoms with Gasteiger partial charge in [-0.1, -0.05) is 12.1 Å². The molecule has 2 heterocycles. The lowest BCUT2D eigenvalue weighted by molar-refractivity contribution is 0.0935. The SMILES string of the molecule is O=C(NC1CCCNCC1)c1cccc2cc[nH]c12. The van der Waals surface area contributed by atoms with Gasteiger partial charge >= 0.3 is 0 Å². The van der Waals surface area contributed by atoms with Crippen molar-refractivity contribution in [1.29, 1.82) is 0 Å². The molecule has 0 aliphatic carbocycles. The average Bonchev–Trinajstić information content (AvgIpc) is 2.76. The van der Waals surface area contributed by atoms with Gasteiger partial charge in [-0.15, -0.1) is 0 Å². The van der Waals surface area contributed by atoms with Crippen LogP contribution >= 0.6 is 0 Å². The highest BCUT2D eigenvalue weighted by Gasteiger charge is 2.17. The van der Waals surface area contributed by atoms with Crippen LogP contribution in [0.4, 0.5) is 0 Å². The van der Waals surface area contributed by atoms with E-state index in [0.29, 0.717) is 0 Å². The summed E-state index contributed by atoms with van der Waals surface area (Å²) in [5.41, 5.74) is 1.66. The maximum Gasteiger partial charge on any atom is 0.253 e. The molecule has 4 heteroatoms. The molecule has 0 bridgehead atoms. The van der Waals surface area contributed by atoms with E-state index in [4.69, 9.17) is 0 Å². The molecule has 1 atom stereocenters. The first kappa shape index (κ1) is 12.2. The summed E-state index contributed by atoms with van der Waals surface area (Å²) in [7, 11) is 0. The second kappa shape index (κ2) is 5.45. The summed E-state index contributed by atoms with van der Waals surface area (Å²) in [5.74, 6) is 0.0277. The topological polar surface area (TPSA) is 56.9 Å². The zero-order valence-electron chi connectivity index (χ0n) is 10.9. The first-order valence-corrected chi connectivity index (χ1v) is 6.92. The van der Waals surface area contributed by atoms with Gasteiger partial charge in [0, 0.05) is 17.6 Å². The van der Waals surface area contributed by atoms with E-state index in [1.807, 2.05) is 30.5 Å². The maximum absolute atomic E-state index is 12.4. The van der Waals surface area contributed by atoms with Gasteiger partial charge in [-0.2, -0.15) is 0 Å². The first-order chi connectivity index (χ1) is 9.34. The van der Waals surface area contributed by atoms with Crippen molar-refractivity contribution in [3.05, 3.63) is 36.0 Å². The molecule has 4 nitrogen and oxygen atoms in total. The number of carbonyl (C=O) groups is 1. The van der Waals surface area contributed by atoms with E-state index in [2.05, 4.69) is 15.6 Å². The lowest BCUT2D eigenvalue weighted by Gasteiger charge is -2.16. The Balaban J connectivity index is 1.77. The third-order valence-electron chi connectivity index (χ3n) is 3.74. The highest BCUT2D eigenvalue weighted by Crippen LogP contribution is 2.17. The fraction of sp³-hybridized carbons (Fsp3) is 0.400. The van der Waals surface area contributed by atoms with Gasteiger partial charge in [0.25, 0.3) is 5.91 Å². The molecule has 1 aromatic heterocycles. The monoisotopic (exact) mass is 257 g/mol. The van der Waals surface area contributed by atoms with Crippen LogP contribution in [-0.2, 0) is 0 Å². The van der Waals surface area contributed by atoms with Crippen LogP contribution in [0.5, 0.6) is 0 Å². The van der Waals surface area contributed by atoms with Crippen molar-refractivity contribution in [3.63, 3.8) is 0 Å². The number of para-hydroxylation sites is 1. The lowest BCUT2D eigenvalue weighted by atomic mass is 10.1. The number of aromatic nitrogens is 1. The minimum atomic E-state index is 0.0277. The van der Waals surface area contributed by atoms with E-state index < -0.39 is 0 Å². The first-order valence-electron chi connectivity index (χ1n) is 6.92. The summed E-state index contributed by atoms with van der Waals surface area (Å²) >= 11 is 0. The molecular formula is C15H19N3O. The van der Waals surface area contributed by atoms with Crippen LogP contribution < -0.4 is 10.6 Å². The molecular weight excluding hydrogens is 238 g/mol. The van der Waals surface area contributed by atoms with Crippen LogP contribution in [0.3, 0.4) is 0 Å². The second-order valence-corrected chi connectivity index (χ2v) is 5.10. The van der Waals surface area contributed by atoms with E-state index in [1.54, 1.807) is 0 Å².